The fraction of sp³-hybridized carbons (Fsp3) is 0.265. The lowest BCUT2D eigenvalue weighted by atomic mass is 9.97. The van der Waals surface area contributed by atoms with Crippen LogP contribution in [0.2, 0.25) is 0 Å². The van der Waals surface area contributed by atoms with Crippen LogP contribution >= 0.6 is 0 Å². The van der Waals surface area contributed by atoms with E-state index in [0.29, 0.717) is 38.2 Å². The van der Waals surface area contributed by atoms with E-state index < -0.39 is 42.9 Å². The number of aliphatic hydroxyl groups excluding tert-OH is 4. The molecule has 1 saturated heterocycles. The van der Waals surface area contributed by atoms with Gasteiger partial charge in [0.25, 0.3) is 0 Å². The maximum absolute atomic E-state index is 13.7. The molecule has 0 saturated carbocycles. The van der Waals surface area contributed by atoms with E-state index in [2.05, 4.69) is 0 Å². The van der Waals surface area contributed by atoms with Gasteiger partial charge in [-0.05, 0) is 47.3 Å². The largest absolute Gasteiger partial charge is 0.504 e. The highest BCUT2D eigenvalue weighted by atomic mass is 16.7. The minimum Gasteiger partial charge on any atom is -0.504 e. The number of aromatic nitrogens is 1. The number of hydrogen-bond donors (Lipinski definition) is 6. The van der Waals surface area contributed by atoms with Gasteiger partial charge in [-0.2, -0.15) is 0 Å². The van der Waals surface area contributed by atoms with Crippen LogP contribution in [-0.4, -0.2) is 93.7 Å². The molecular weight excluding hydrogens is 630 g/mol. The second-order valence-corrected chi connectivity index (χ2v) is 11.3. The molecule has 5 atom stereocenters. The number of fused-ring (bicyclic) bond motifs is 7. The lowest BCUT2D eigenvalue weighted by molar-refractivity contribution is -0.277. The highest BCUT2D eigenvalue weighted by molar-refractivity contribution is 6.22. The second-order valence-electron chi connectivity index (χ2n) is 11.3. The Bertz CT molecular complexity index is 2270. The van der Waals surface area contributed by atoms with Gasteiger partial charge in [0.15, 0.2) is 34.5 Å². The third-order valence-electron chi connectivity index (χ3n) is 8.71. The average molecular weight is 662 g/mol. The molecule has 0 spiro atoms. The predicted octanol–water partition coefficient (Wildman–Crippen LogP) is 2.63. The van der Waals surface area contributed by atoms with Gasteiger partial charge in [0.1, 0.15) is 35.5 Å². The van der Waals surface area contributed by atoms with Gasteiger partial charge in [0.2, 0.25) is 6.29 Å². The van der Waals surface area contributed by atoms with Crippen molar-refractivity contribution in [1.29, 1.82) is 0 Å². The van der Waals surface area contributed by atoms with Gasteiger partial charge in [-0.3, -0.25) is 0 Å². The number of phenolic OH excluding ortho intramolecular Hbond substituents is 2. The van der Waals surface area contributed by atoms with Crippen molar-refractivity contribution in [2.75, 3.05) is 27.9 Å². The highest BCUT2D eigenvalue weighted by Crippen LogP contribution is 2.46. The minimum atomic E-state index is -1.65. The first-order chi connectivity index (χ1) is 23.1. The Kier molecular flexibility index (Phi) is 7.69. The van der Waals surface area contributed by atoms with E-state index in [4.69, 9.17) is 28.1 Å². The van der Waals surface area contributed by atoms with E-state index >= 15 is 0 Å². The van der Waals surface area contributed by atoms with Crippen LogP contribution in [0, 0.1) is 0 Å². The third-order valence-corrected chi connectivity index (χ3v) is 8.71. The SMILES string of the molecule is COc1cc2c(cc1O)oc(=O)c1c2c(-c2ccc(O[C@H]3O[C@H](CO)[C@@H](O)[C@H](O)[C@@H]3O)c(OC)c2)c2c3cc(OC)c(O)cc3ccn21. The van der Waals surface area contributed by atoms with Crippen LogP contribution in [0.25, 0.3) is 49.3 Å². The molecule has 250 valence electrons. The number of pyridine rings is 1. The van der Waals surface area contributed by atoms with Crippen molar-refractivity contribution in [1.82, 2.24) is 4.40 Å². The molecule has 0 bridgehead atoms. The van der Waals surface area contributed by atoms with E-state index in [1.165, 1.54) is 27.4 Å². The molecule has 1 fully saturated rings. The summed E-state index contributed by atoms with van der Waals surface area (Å²) >= 11 is 0. The Hall–Kier alpha value is -5.25. The van der Waals surface area contributed by atoms with E-state index in [1.54, 1.807) is 53.1 Å². The molecule has 1 aliphatic heterocycles. The summed E-state index contributed by atoms with van der Waals surface area (Å²) in [7, 11) is 4.23. The minimum absolute atomic E-state index is 0.0754. The molecule has 3 aromatic carbocycles. The monoisotopic (exact) mass is 661 g/mol. The average Bonchev–Trinajstić information content (AvgIpc) is 3.44. The number of phenols is 2. The molecule has 0 amide bonds. The molecule has 6 aromatic rings. The number of nitrogens with zero attached hydrogens (tertiary/aromatic N) is 1. The molecule has 0 unspecified atom stereocenters. The van der Waals surface area contributed by atoms with Crippen LogP contribution in [0.4, 0.5) is 0 Å². The van der Waals surface area contributed by atoms with Crippen LogP contribution in [0.5, 0.6) is 34.5 Å². The standard InChI is InChI=1S/C34H31NO13/c1-43-22-10-16-14(8-18(22)37)6-7-35-28(16)26(27-17-11-23(44-2)19(38)12-21(17)46-33(42)29(27)35)15-4-5-20(24(9-15)45-3)47-34-32(41)31(40)30(39)25(13-36)48-34/h4-12,25,30-32,34,36-41H,13H2,1-3H3/t25-,30-,31+,32+,34+/m1/s1. The smallest absolute Gasteiger partial charge is 0.361 e. The molecular formula is C34H31NO13. The summed E-state index contributed by atoms with van der Waals surface area (Å²) in [6, 6.07) is 12.7. The van der Waals surface area contributed by atoms with Gasteiger partial charge >= 0.3 is 5.63 Å². The summed E-state index contributed by atoms with van der Waals surface area (Å²) in [6.45, 7) is -0.628. The summed E-state index contributed by atoms with van der Waals surface area (Å²) in [5.74, 6) is 0.335. The summed E-state index contributed by atoms with van der Waals surface area (Å²) in [5, 5.41) is 63.8. The zero-order valence-corrected chi connectivity index (χ0v) is 25.8. The Balaban J connectivity index is 1.52. The maximum atomic E-state index is 13.7. The quantitative estimate of drug-likeness (QED) is 0.137. The van der Waals surface area contributed by atoms with Gasteiger partial charge in [0, 0.05) is 34.0 Å². The van der Waals surface area contributed by atoms with Gasteiger partial charge in [-0.15, -0.1) is 0 Å². The third kappa shape index (κ3) is 4.72. The molecule has 3 aromatic heterocycles. The number of benzene rings is 3. The topological polar surface area (TPSA) is 202 Å². The number of rotatable bonds is 7. The maximum Gasteiger partial charge on any atom is 0.361 e. The van der Waals surface area contributed by atoms with Gasteiger partial charge in [-0.1, -0.05) is 6.07 Å². The van der Waals surface area contributed by atoms with Gasteiger partial charge in [0.05, 0.1) is 33.5 Å². The zero-order valence-electron chi connectivity index (χ0n) is 25.8. The summed E-state index contributed by atoms with van der Waals surface area (Å²) in [6.07, 6.45) is -5.82. The fourth-order valence-electron chi connectivity index (χ4n) is 6.34. The summed E-state index contributed by atoms with van der Waals surface area (Å²) < 4.78 is 35.3. The Labute approximate surface area is 270 Å². The lowest BCUT2D eigenvalue weighted by Gasteiger charge is -2.39. The molecule has 7 rings (SSSR count). The van der Waals surface area contributed by atoms with E-state index in [0.717, 1.165) is 0 Å². The van der Waals surface area contributed by atoms with Crippen LogP contribution in [0.1, 0.15) is 0 Å². The number of methoxy groups -OCH3 is 3. The Morgan fingerprint density at radius 2 is 1.46 bits per heavy atom. The van der Waals surface area contributed by atoms with Crippen molar-refractivity contribution in [3.8, 4) is 45.6 Å². The summed E-state index contributed by atoms with van der Waals surface area (Å²) in [5.41, 5.74) is 1.26. The second kappa shape index (κ2) is 11.8. The van der Waals surface area contributed by atoms with Crippen molar-refractivity contribution in [2.45, 2.75) is 30.7 Å². The van der Waals surface area contributed by atoms with Crippen molar-refractivity contribution in [3.05, 3.63) is 65.1 Å². The van der Waals surface area contributed by atoms with Crippen molar-refractivity contribution < 1.29 is 58.7 Å². The van der Waals surface area contributed by atoms with Crippen LogP contribution in [0.3, 0.4) is 0 Å². The molecule has 6 N–H and O–H groups in total. The molecule has 0 aliphatic carbocycles. The first kappa shape index (κ1) is 31.4. The van der Waals surface area contributed by atoms with Gasteiger partial charge in [-0.25, -0.2) is 4.79 Å². The molecule has 4 heterocycles. The number of hydrogen-bond acceptors (Lipinski definition) is 13. The van der Waals surface area contributed by atoms with Crippen LogP contribution in [0.15, 0.2) is 63.9 Å². The van der Waals surface area contributed by atoms with Gasteiger partial charge < -0.3 is 63.1 Å². The zero-order chi connectivity index (χ0) is 34.0. The van der Waals surface area contributed by atoms with Crippen LogP contribution in [-0.2, 0) is 4.74 Å². The van der Waals surface area contributed by atoms with Crippen molar-refractivity contribution in [2.24, 2.45) is 0 Å². The molecule has 14 nitrogen and oxygen atoms in total. The molecule has 0 radical (unpaired) electrons. The first-order valence-electron chi connectivity index (χ1n) is 14.8. The number of aliphatic hydroxyl groups is 4. The Morgan fingerprint density at radius 1 is 0.771 bits per heavy atom. The first-order valence-corrected chi connectivity index (χ1v) is 14.8. The number of ether oxygens (including phenoxy) is 5. The predicted molar refractivity (Wildman–Crippen MR) is 171 cm³/mol. The molecule has 1 aliphatic rings. The summed E-state index contributed by atoms with van der Waals surface area (Å²) in [4.78, 5) is 13.7. The van der Waals surface area contributed by atoms with Crippen molar-refractivity contribution >= 4 is 38.2 Å². The molecule has 48 heavy (non-hydrogen) atoms. The lowest BCUT2D eigenvalue weighted by Crippen LogP contribution is -2.60. The normalized spacial score (nSPS) is 21.3. The fourth-order valence-corrected chi connectivity index (χ4v) is 6.34. The Morgan fingerprint density at radius 3 is 2.15 bits per heavy atom. The number of aromatic hydroxyl groups is 2. The highest BCUT2D eigenvalue weighted by Gasteiger charge is 2.45. The van der Waals surface area contributed by atoms with Crippen molar-refractivity contribution in [3.63, 3.8) is 0 Å². The molecule has 14 heteroatoms. The van der Waals surface area contributed by atoms with Crippen LogP contribution < -0.4 is 24.6 Å². The van der Waals surface area contributed by atoms with E-state index in [1.807, 2.05) is 0 Å². The van der Waals surface area contributed by atoms with E-state index in [9.17, 15) is 35.4 Å². The van der Waals surface area contributed by atoms with E-state index in [-0.39, 0.29) is 45.6 Å².